The molecule has 1 unspecified atom stereocenters. The minimum Gasteiger partial charge on any atom is -0.449 e. The maximum atomic E-state index is 13.4. The molecule has 0 aromatic carbocycles. The molecule has 0 bridgehead atoms. The molecule has 28 heavy (non-hydrogen) atoms. The van der Waals surface area contributed by atoms with Crippen molar-refractivity contribution in [3.63, 3.8) is 0 Å². The molecule has 0 radical (unpaired) electrons. The maximum Gasteiger partial charge on any atom is 0.404 e. The van der Waals surface area contributed by atoms with Crippen molar-refractivity contribution in [3.8, 4) is 0 Å². The molecular weight excluding hydrogens is 388 g/mol. The maximum absolute atomic E-state index is 13.4. The molecule has 10 heteroatoms. The third-order valence-corrected chi connectivity index (χ3v) is 6.02. The summed E-state index contributed by atoms with van der Waals surface area (Å²) in [6, 6.07) is 0.0703. The molecule has 4 atom stereocenters. The fourth-order valence-electron chi connectivity index (χ4n) is 4.69. The van der Waals surface area contributed by atoms with Crippen LogP contribution in [0.4, 0.5) is 4.79 Å². The Morgan fingerprint density at radius 3 is 2.79 bits per heavy atom. The van der Waals surface area contributed by atoms with E-state index in [2.05, 4.69) is 17.2 Å². The van der Waals surface area contributed by atoms with Crippen molar-refractivity contribution in [2.24, 2.45) is 11.7 Å². The summed E-state index contributed by atoms with van der Waals surface area (Å²) in [5.74, 6) is -1.27. The van der Waals surface area contributed by atoms with Gasteiger partial charge in [0.15, 0.2) is 5.72 Å². The Labute approximate surface area is 166 Å². The Kier molecular flexibility index (Phi) is 4.29. The number of halogens is 1. The number of ketones is 2. The molecule has 0 spiro atoms. The summed E-state index contributed by atoms with van der Waals surface area (Å²) in [5.41, 5.74) is 5.22. The summed E-state index contributed by atoms with van der Waals surface area (Å²) >= 11 is 5.80. The van der Waals surface area contributed by atoms with Crippen LogP contribution in [-0.2, 0) is 19.1 Å². The number of allylic oxidation sites excluding steroid dienone is 2. The van der Waals surface area contributed by atoms with Gasteiger partial charge in [-0.15, -0.1) is 0 Å². The lowest BCUT2D eigenvalue weighted by atomic mass is 9.82. The predicted molar refractivity (Wildman–Crippen MR) is 98.9 cm³/mol. The van der Waals surface area contributed by atoms with Crippen LogP contribution >= 0.6 is 11.6 Å². The van der Waals surface area contributed by atoms with Crippen molar-refractivity contribution in [2.75, 3.05) is 26.8 Å². The van der Waals surface area contributed by atoms with Crippen LogP contribution in [0.3, 0.4) is 0 Å². The van der Waals surface area contributed by atoms with Crippen molar-refractivity contribution < 1.29 is 23.9 Å². The molecule has 0 aromatic heterocycles. The van der Waals surface area contributed by atoms with Crippen LogP contribution in [0, 0.1) is 5.92 Å². The number of Topliss-reactive ketones (excluding diaryl/α,β-unsaturated/α-hetero) is 2. The Morgan fingerprint density at radius 2 is 2.18 bits per heavy atom. The van der Waals surface area contributed by atoms with Gasteiger partial charge in [0.1, 0.15) is 6.61 Å². The Bertz CT molecular complexity index is 881. The number of ether oxygens (including phenoxy) is 2. The second kappa shape index (κ2) is 6.33. The third-order valence-electron chi connectivity index (χ3n) is 5.88. The van der Waals surface area contributed by atoms with Crippen LogP contribution in [0.1, 0.15) is 6.92 Å². The largest absolute Gasteiger partial charge is 0.449 e. The quantitative estimate of drug-likeness (QED) is 0.404. The van der Waals surface area contributed by atoms with Gasteiger partial charge in [0.25, 0.3) is 0 Å². The predicted octanol–water partition coefficient (Wildman–Crippen LogP) is -0.268. The highest BCUT2D eigenvalue weighted by atomic mass is 35.5. The molecule has 0 saturated carbocycles. The number of hydrogen-bond acceptors (Lipinski definition) is 8. The molecule has 2 fully saturated rings. The normalized spacial score (nSPS) is 33.0. The molecular formula is C18H21ClN4O5. The molecule has 3 heterocycles. The second-order valence-corrected chi connectivity index (χ2v) is 7.83. The van der Waals surface area contributed by atoms with Gasteiger partial charge in [-0.25, -0.2) is 4.79 Å². The van der Waals surface area contributed by atoms with Crippen molar-refractivity contribution in [1.29, 1.82) is 0 Å². The molecule has 2 saturated heterocycles. The topological polar surface area (TPSA) is 133 Å². The van der Waals surface area contributed by atoms with E-state index in [-0.39, 0.29) is 48.1 Å². The number of methoxy groups -OCH3 is 1. The molecule has 4 rings (SSSR count). The zero-order valence-corrected chi connectivity index (χ0v) is 16.3. The number of amides is 1. The summed E-state index contributed by atoms with van der Waals surface area (Å²) in [4.78, 5) is 39.6. The van der Waals surface area contributed by atoms with E-state index in [1.165, 1.54) is 7.11 Å². The molecule has 1 amide bonds. The first kappa shape index (κ1) is 19.0. The fourth-order valence-corrected chi connectivity index (χ4v) is 4.75. The average Bonchev–Trinajstić information content (AvgIpc) is 3.24. The van der Waals surface area contributed by atoms with Crippen LogP contribution in [0.25, 0.3) is 0 Å². The van der Waals surface area contributed by atoms with E-state index in [4.69, 9.17) is 26.8 Å². The standard InChI is InChI=1S/C18H21ClN4O5/c1-7(19)4-21-12-8(2)14(24)13-11(15(12)25)9(6-28-17(20)26)18(27-3)16-10(22-16)5-23(13)18/h9-10,16,21-22H,1,4-6H2,2-3H3,(H2,20,26)/t9-,10+,16+,18?/m0/s1. The molecule has 1 aliphatic carbocycles. The number of nitrogens with two attached hydrogens (primary N) is 1. The zero-order chi connectivity index (χ0) is 20.4. The molecule has 4 aliphatic rings. The number of carbonyl (C=O) groups is 3. The number of hydrogen-bond donors (Lipinski definition) is 3. The van der Waals surface area contributed by atoms with Crippen molar-refractivity contribution in [1.82, 2.24) is 15.5 Å². The van der Waals surface area contributed by atoms with E-state index in [1.54, 1.807) is 6.92 Å². The Hall–Kier alpha value is -2.36. The second-order valence-electron chi connectivity index (χ2n) is 7.29. The smallest absolute Gasteiger partial charge is 0.404 e. The van der Waals surface area contributed by atoms with Crippen molar-refractivity contribution in [3.05, 3.63) is 34.2 Å². The first-order valence-electron chi connectivity index (χ1n) is 8.86. The van der Waals surface area contributed by atoms with Crippen molar-refractivity contribution in [2.45, 2.75) is 24.7 Å². The van der Waals surface area contributed by atoms with Gasteiger partial charge in [0.2, 0.25) is 11.6 Å². The van der Waals surface area contributed by atoms with E-state index in [0.717, 1.165) is 0 Å². The summed E-state index contributed by atoms with van der Waals surface area (Å²) < 4.78 is 10.9. The Balaban J connectivity index is 1.77. The van der Waals surface area contributed by atoms with E-state index in [0.29, 0.717) is 22.8 Å². The molecule has 9 nitrogen and oxygen atoms in total. The van der Waals surface area contributed by atoms with E-state index in [9.17, 15) is 14.4 Å². The number of fused-ring (bicyclic) bond motifs is 4. The van der Waals surface area contributed by atoms with Gasteiger partial charge in [-0.2, -0.15) is 0 Å². The fraction of sp³-hybridized carbons (Fsp3) is 0.500. The molecule has 0 aromatic rings. The van der Waals surface area contributed by atoms with Crippen LogP contribution in [0.2, 0.25) is 0 Å². The lowest BCUT2D eigenvalue weighted by molar-refractivity contribution is -0.137. The molecule has 3 aliphatic heterocycles. The van der Waals surface area contributed by atoms with Gasteiger partial charge in [-0.1, -0.05) is 18.2 Å². The Morgan fingerprint density at radius 1 is 1.46 bits per heavy atom. The van der Waals surface area contributed by atoms with Gasteiger partial charge >= 0.3 is 6.09 Å². The lowest BCUT2D eigenvalue weighted by Gasteiger charge is -2.39. The van der Waals surface area contributed by atoms with Gasteiger partial charge in [-0.05, 0) is 6.92 Å². The van der Waals surface area contributed by atoms with Gasteiger partial charge < -0.3 is 30.7 Å². The molecule has 150 valence electrons. The van der Waals surface area contributed by atoms with Gasteiger partial charge in [0, 0.05) is 35.9 Å². The first-order valence-corrected chi connectivity index (χ1v) is 9.24. The van der Waals surface area contributed by atoms with Gasteiger partial charge in [0.05, 0.1) is 29.9 Å². The number of nitrogens with zero attached hydrogens (tertiary/aromatic N) is 1. The first-order chi connectivity index (χ1) is 13.2. The monoisotopic (exact) mass is 408 g/mol. The van der Waals surface area contributed by atoms with Crippen LogP contribution in [-0.4, -0.2) is 67.2 Å². The summed E-state index contributed by atoms with van der Waals surface area (Å²) in [5, 5.41) is 6.51. The number of carbonyl (C=O) groups excluding carboxylic acids is 3. The van der Waals surface area contributed by atoms with Crippen molar-refractivity contribution >= 4 is 29.3 Å². The van der Waals surface area contributed by atoms with Crippen LogP contribution in [0.15, 0.2) is 34.2 Å². The van der Waals surface area contributed by atoms with Gasteiger partial charge in [-0.3, -0.25) is 9.59 Å². The lowest BCUT2D eigenvalue weighted by Crippen LogP contribution is -2.55. The minimum absolute atomic E-state index is 0.0792. The minimum atomic E-state index is -0.984. The average molecular weight is 409 g/mol. The number of piperazine rings is 1. The number of rotatable bonds is 6. The van der Waals surface area contributed by atoms with Crippen LogP contribution in [0.5, 0.6) is 0 Å². The summed E-state index contributed by atoms with van der Waals surface area (Å²) in [6.07, 6.45) is -0.955. The molecule has 4 N–H and O–H groups in total. The number of primary amides is 1. The number of nitrogens with one attached hydrogen (secondary N) is 2. The van der Waals surface area contributed by atoms with E-state index < -0.39 is 17.7 Å². The summed E-state index contributed by atoms with van der Waals surface area (Å²) in [7, 11) is 1.52. The SMILES string of the molecule is C=C(Cl)CNC1=C(C)C(=O)C2=C(C1=O)[C@H](COC(N)=O)C1(OC)[C@@H]3N[C@@H]3CN21. The zero-order valence-electron chi connectivity index (χ0n) is 15.5. The highest BCUT2D eigenvalue weighted by molar-refractivity contribution is 6.29. The highest BCUT2D eigenvalue weighted by Crippen LogP contribution is 2.55. The summed E-state index contributed by atoms with van der Waals surface area (Å²) in [6.45, 7) is 5.69. The van der Waals surface area contributed by atoms with E-state index in [1.807, 2.05) is 4.90 Å². The van der Waals surface area contributed by atoms with Crippen LogP contribution < -0.4 is 16.4 Å². The van der Waals surface area contributed by atoms with E-state index >= 15 is 0 Å². The highest BCUT2D eigenvalue weighted by Gasteiger charge is 2.72. The third kappa shape index (κ3) is 2.43.